The largest absolute Gasteiger partial charge is 0.382 e. The standard InChI is InChI=1S/CH5NO.FH/c2-1-3;/h3H,1-2H2;1H. The maximum absolute atomic E-state index is 7.35. The Hall–Kier alpha value is -0.150. The third-order valence-corrected chi connectivity index (χ3v) is 0. The average molecular weight is 67.1 g/mol. The van der Waals surface area contributed by atoms with Gasteiger partial charge in [-0.1, -0.05) is 0 Å². The minimum atomic E-state index is -0.250. The van der Waals surface area contributed by atoms with Crippen molar-refractivity contribution in [2.75, 3.05) is 6.73 Å². The summed E-state index contributed by atoms with van der Waals surface area (Å²) in [6.07, 6.45) is 0. The number of aliphatic hydroxyl groups is 1. The topological polar surface area (TPSA) is 46.2 Å². The van der Waals surface area contributed by atoms with Gasteiger partial charge in [-0.3, -0.25) is 4.70 Å². The minimum absolute atomic E-state index is 0. The molecule has 0 bridgehead atoms. The summed E-state index contributed by atoms with van der Waals surface area (Å²) in [6.45, 7) is -0.250. The molecule has 0 aliphatic carbocycles. The molecular weight excluding hydrogens is 61.0 g/mol. The molecule has 0 aromatic rings. The second-order valence-corrected chi connectivity index (χ2v) is 0.183. The van der Waals surface area contributed by atoms with Crippen LogP contribution in [0.4, 0.5) is 4.70 Å². The van der Waals surface area contributed by atoms with Crippen LogP contribution in [0.1, 0.15) is 0 Å². The molecule has 0 atom stereocenters. The van der Waals surface area contributed by atoms with Crippen molar-refractivity contribution >= 4 is 0 Å². The van der Waals surface area contributed by atoms with Crippen LogP contribution in [0.15, 0.2) is 0 Å². The van der Waals surface area contributed by atoms with Crippen molar-refractivity contribution in [2.45, 2.75) is 0 Å². The molecule has 3 N–H and O–H groups in total. The normalized spacial score (nSPS) is 4.50. The summed E-state index contributed by atoms with van der Waals surface area (Å²) >= 11 is 0. The fraction of sp³-hybridized carbons (Fsp3) is 1.00. The van der Waals surface area contributed by atoms with E-state index in [1.165, 1.54) is 0 Å². The van der Waals surface area contributed by atoms with E-state index >= 15 is 0 Å². The van der Waals surface area contributed by atoms with Crippen molar-refractivity contribution in [2.24, 2.45) is 5.73 Å². The van der Waals surface area contributed by atoms with Gasteiger partial charge in [-0.25, -0.2) is 0 Å². The molecule has 0 saturated heterocycles. The van der Waals surface area contributed by atoms with E-state index in [0.29, 0.717) is 0 Å². The third-order valence-electron chi connectivity index (χ3n) is 0. The SMILES string of the molecule is F.NCO. The van der Waals surface area contributed by atoms with Crippen LogP contribution < -0.4 is 5.73 Å². The van der Waals surface area contributed by atoms with Crippen LogP contribution in [0, 0.1) is 0 Å². The second kappa shape index (κ2) is 13.5. The van der Waals surface area contributed by atoms with Gasteiger partial charge in [0, 0.05) is 0 Å². The predicted octanol–water partition coefficient (Wildman–Crippen LogP) is -0.953. The van der Waals surface area contributed by atoms with E-state index in [9.17, 15) is 0 Å². The fourth-order valence-electron chi connectivity index (χ4n) is 0. The Labute approximate surface area is 23.6 Å². The van der Waals surface area contributed by atoms with Crippen LogP contribution in [0.3, 0.4) is 0 Å². The molecule has 0 amide bonds. The maximum Gasteiger partial charge on any atom is 0.0906 e. The van der Waals surface area contributed by atoms with Crippen molar-refractivity contribution in [3.05, 3.63) is 0 Å². The third kappa shape index (κ3) is 59.4. The van der Waals surface area contributed by atoms with Gasteiger partial charge in [0.1, 0.15) is 0 Å². The lowest BCUT2D eigenvalue weighted by Gasteiger charge is -1.56. The molecule has 0 heterocycles. The van der Waals surface area contributed by atoms with Gasteiger partial charge >= 0.3 is 0 Å². The highest BCUT2D eigenvalue weighted by atomic mass is 19.0. The smallest absolute Gasteiger partial charge is 0.0906 e. The summed E-state index contributed by atoms with van der Waals surface area (Å²) < 4.78 is 0. The van der Waals surface area contributed by atoms with E-state index in [-0.39, 0.29) is 11.4 Å². The zero-order chi connectivity index (χ0) is 2.71. The highest BCUT2D eigenvalue weighted by Crippen LogP contribution is 1.04. The second-order valence-electron chi connectivity index (χ2n) is 0.183. The van der Waals surface area contributed by atoms with Gasteiger partial charge in [0.2, 0.25) is 0 Å². The Morgan fingerprint density at radius 2 is 1.75 bits per heavy atom. The van der Waals surface area contributed by atoms with Gasteiger partial charge in [0.25, 0.3) is 0 Å². The predicted molar refractivity (Wildman–Crippen MR) is 13.8 cm³/mol. The van der Waals surface area contributed by atoms with Crippen LogP contribution >= 0.6 is 0 Å². The first-order chi connectivity index (χ1) is 1.41. The monoisotopic (exact) mass is 67.0 g/mol. The van der Waals surface area contributed by atoms with Crippen molar-refractivity contribution < 1.29 is 9.81 Å². The number of halogens is 1. The summed E-state index contributed by atoms with van der Waals surface area (Å²) in [4.78, 5) is 0. The molecule has 0 aliphatic rings. The van der Waals surface area contributed by atoms with Gasteiger partial charge in [0.15, 0.2) is 0 Å². The summed E-state index contributed by atoms with van der Waals surface area (Å²) in [5, 5.41) is 7.35. The Bertz CT molecular complexity index is 8.00. The van der Waals surface area contributed by atoms with E-state index in [1.807, 2.05) is 0 Å². The lowest BCUT2D eigenvalue weighted by Crippen LogP contribution is -1.92. The minimum Gasteiger partial charge on any atom is -0.382 e. The van der Waals surface area contributed by atoms with Gasteiger partial charge in [0.05, 0.1) is 6.73 Å². The Kier molecular flexibility index (Phi) is 30.8. The molecule has 0 rings (SSSR count). The van der Waals surface area contributed by atoms with Crippen LogP contribution in [-0.2, 0) is 0 Å². The van der Waals surface area contributed by atoms with Crippen LogP contribution in [0.25, 0.3) is 0 Å². The van der Waals surface area contributed by atoms with E-state index in [4.69, 9.17) is 5.11 Å². The van der Waals surface area contributed by atoms with Gasteiger partial charge in [-0.15, -0.1) is 0 Å². The molecule has 3 heteroatoms. The lowest BCUT2D eigenvalue weighted by atomic mass is 11.4. The first-order valence-electron chi connectivity index (χ1n) is 0.724. The maximum atomic E-state index is 7.35. The quantitative estimate of drug-likeness (QED) is 0.359. The Balaban J connectivity index is 0. The molecule has 0 fully saturated rings. The number of nitrogens with two attached hydrogens (primary N) is 1. The molecule has 4 heavy (non-hydrogen) atoms. The van der Waals surface area contributed by atoms with Gasteiger partial charge in [-0.05, 0) is 0 Å². The van der Waals surface area contributed by atoms with Crippen LogP contribution in [-0.4, -0.2) is 11.8 Å². The Morgan fingerprint density at radius 1 is 1.75 bits per heavy atom. The average Bonchev–Trinajstić information content (AvgIpc) is 0.918. The first-order valence-corrected chi connectivity index (χ1v) is 0.724. The van der Waals surface area contributed by atoms with E-state index in [1.54, 1.807) is 0 Å². The van der Waals surface area contributed by atoms with Crippen LogP contribution in [0.5, 0.6) is 0 Å². The summed E-state index contributed by atoms with van der Waals surface area (Å²) in [5.41, 5.74) is 4.40. The molecule has 0 aliphatic heterocycles. The number of aliphatic hydroxyl groups excluding tert-OH is 1. The lowest BCUT2D eigenvalue weighted by molar-refractivity contribution is 0.307. The number of hydrogen-bond donors (Lipinski definition) is 2. The first kappa shape index (κ1) is 9.14. The molecule has 2 nitrogen and oxygen atoms in total. The van der Waals surface area contributed by atoms with E-state index in [2.05, 4.69) is 5.73 Å². The molecule has 0 spiro atoms. The molecule has 0 saturated carbocycles. The van der Waals surface area contributed by atoms with Crippen molar-refractivity contribution in [1.82, 2.24) is 0 Å². The highest BCUT2D eigenvalue weighted by molar-refractivity contribution is 3.76. The van der Waals surface area contributed by atoms with Gasteiger partial charge < -0.3 is 10.8 Å². The fourth-order valence-corrected chi connectivity index (χ4v) is 0. The molecule has 28 valence electrons. The molecular formula is CH6FNO. The molecule has 0 radical (unpaired) electrons. The molecule has 0 unspecified atom stereocenters. The zero-order valence-corrected chi connectivity index (χ0v) is 2.14. The van der Waals surface area contributed by atoms with Crippen molar-refractivity contribution in [1.29, 1.82) is 0 Å². The molecule has 0 aromatic heterocycles. The van der Waals surface area contributed by atoms with E-state index in [0.717, 1.165) is 0 Å². The summed E-state index contributed by atoms with van der Waals surface area (Å²) in [5.74, 6) is 0. The Morgan fingerprint density at radius 3 is 1.75 bits per heavy atom. The molecule has 0 aromatic carbocycles. The summed E-state index contributed by atoms with van der Waals surface area (Å²) in [7, 11) is 0. The van der Waals surface area contributed by atoms with Gasteiger partial charge in [-0.2, -0.15) is 0 Å². The summed E-state index contributed by atoms with van der Waals surface area (Å²) in [6, 6.07) is 0. The van der Waals surface area contributed by atoms with Crippen LogP contribution in [0.2, 0.25) is 0 Å². The number of hydrogen-bond acceptors (Lipinski definition) is 2. The van der Waals surface area contributed by atoms with E-state index < -0.39 is 0 Å². The highest BCUT2D eigenvalue weighted by Gasteiger charge is 1.30. The zero-order valence-electron chi connectivity index (χ0n) is 2.14. The number of rotatable bonds is 0. The van der Waals surface area contributed by atoms with Crippen molar-refractivity contribution in [3.63, 3.8) is 0 Å². The van der Waals surface area contributed by atoms with Crippen molar-refractivity contribution in [3.8, 4) is 0 Å².